The molecule has 21 heavy (non-hydrogen) atoms. The Morgan fingerprint density at radius 3 is 2.52 bits per heavy atom. The molecule has 2 N–H and O–H groups in total. The molecule has 0 aliphatic carbocycles. The van der Waals surface area contributed by atoms with E-state index in [1.807, 2.05) is 6.92 Å². The third-order valence-corrected chi connectivity index (χ3v) is 4.62. The van der Waals surface area contributed by atoms with Crippen LogP contribution in [0.25, 0.3) is 0 Å². The standard InChI is InChI=1S/C13H17NO5S2/c1-4-19-13(18)11-7(2)8(3)21-12(11)14-9(15)5-20-6-10(16)17/h4-6H2,1-3H3,(H,14,15)(H,16,17). The first-order chi connectivity index (χ1) is 9.86. The lowest BCUT2D eigenvalue weighted by Crippen LogP contribution is -2.17. The van der Waals surface area contributed by atoms with Gasteiger partial charge < -0.3 is 15.2 Å². The lowest BCUT2D eigenvalue weighted by atomic mass is 10.1. The maximum atomic E-state index is 11.9. The highest BCUT2D eigenvalue weighted by molar-refractivity contribution is 8.00. The molecule has 1 aromatic rings. The Morgan fingerprint density at radius 1 is 1.29 bits per heavy atom. The van der Waals surface area contributed by atoms with Crippen LogP contribution in [-0.2, 0) is 14.3 Å². The zero-order chi connectivity index (χ0) is 16.0. The molecule has 1 heterocycles. The van der Waals surface area contributed by atoms with E-state index in [1.54, 1.807) is 13.8 Å². The van der Waals surface area contributed by atoms with Crippen molar-refractivity contribution in [3.8, 4) is 0 Å². The van der Waals surface area contributed by atoms with Crippen molar-refractivity contribution in [1.29, 1.82) is 0 Å². The minimum Gasteiger partial charge on any atom is -0.481 e. The molecule has 0 aliphatic heterocycles. The van der Waals surface area contributed by atoms with Crippen molar-refractivity contribution in [1.82, 2.24) is 0 Å². The highest BCUT2D eigenvalue weighted by Gasteiger charge is 2.21. The predicted octanol–water partition coefficient (Wildman–Crippen LogP) is 2.30. The molecule has 0 saturated carbocycles. The predicted molar refractivity (Wildman–Crippen MR) is 83.3 cm³/mol. The zero-order valence-corrected chi connectivity index (χ0v) is 13.7. The summed E-state index contributed by atoms with van der Waals surface area (Å²) in [5.41, 5.74) is 1.16. The summed E-state index contributed by atoms with van der Waals surface area (Å²) in [6, 6.07) is 0. The first-order valence-electron chi connectivity index (χ1n) is 6.23. The first kappa shape index (κ1) is 17.5. The van der Waals surface area contributed by atoms with Crippen molar-refractivity contribution >= 4 is 45.9 Å². The van der Waals surface area contributed by atoms with E-state index in [1.165, 1.54) is 11.3 Å². The minimum absolute atomic E-state index is 0.0184. The molecular weight excluding hydrogens is 314 g/mol. The number of esters is 1. The molecule has 0 radical (unpaired) electrons. The van der Waals surface area contributed by atoms with Gasteiger partial charge in [-0.05, 0) is 26.3 Å². The monoisotopic (exact) mass is 331 g/mol. The molecule has 0 atom stereocenters. The summed E-state index contributed by atoms with van der Waals surface area (Å²) in [7, 11) is 0. The van der Waals surface area contributed by atoms with Crippen LogP contribution in [0.3, 0.4) is 0 Å². The third-order valence-electron chi connectivity index (χ3n) is 2.58. The molecule has 0 aromatic carbocycles. The second-order valence-electron chi connectivity index (χ2n) is 4.14. The number of aliphatic carboxylic acids is 1. The van der Waals surface area contributed by atoms with Crippen molar-refractivity contribution in [3.05, 3.63) is 16.0 Å². The first-order valence-corrected chi connectivity index (χ1v) is 8.20. The molecule has 116 valence electrons. The summed E-state index contributed by atoms with van der Waals surface area (Å²) in [5, 5.41) is 11.6. The average Bonchev–Trinajstić information content (AvgIpc) is 2.64. The number of amides is 1. The van der Waals surface area contributed by atoms with E-state index < -0.39 is 11.9 Å². The van der Waals surface area contributed by atoms with E-state index in [2.05, 4.69) is 5.32 Å². The quantitative estimate of drug-likeness (QED) is 0.745. The second-order valence-corrected chi connectivity index (χ2v) is 6.35. The molecule has 0 spiro atoms. The molecule has 0 fully saturated rings. The smallest absolute Gasteiger partial charge is 0.341 e. The van der Waals surface area contributed by atoms with E-state index in [0.29, 0.717) is 10.6 Å². The van der Waals surface area contributed by atoms with Gasteiger partial charge in [0.2, 0.25) is 5.91 Å². The number of hydrogen-bond acceptors (Lipinski definition) is 6. The van der Waals surface area contributed by atoms with Crippen LogP contribution in [0.5, 0.6) is 0 Å². The highest BCUT2D eigenvalue weighted by Crippen LogP contribution is 2.33. The Kier molecular flexibility index (Phi) is 6.70. The largest absolute Gasteiger partial charge is 0.481 e. The van der Waals surface area contributed by atoms with E-state index in [9.17, 15) is 14.4 Å². The molecule has 1 aromatic heterocycles. The summed E-state index contributed by atoms with van der Waals surface area (Å²) in [5.74, 6) is -1.89. The second kappa shape index (κ2) is 8.04. The van der Waals surface area contributed by atoms with Crippen LogP contribution in [0.15, 0.2) is 0 Å². The summed E-state index contributed by atoms with van der Waals surface area (Å²) in [4.78, 5) is 35.0. The van der Waals surface area contributed by atoms with Gasteiger partial charge in [0.05, 0.1) is 23.7 Å². The van der Waals surface area contributed by atoms with Gasteiger partial charge >= 0.3 is 11.9 Å². The fraction of sp³-hybridized carbons (Fsp3) is 0.462. The maximum absolute atomic E-state index is 11.9. The van der Waals surface area contributed by atoms with Crippen LogP contribution in [0.1, 0.15) is 27.7 Å². The number of rotatable bonds is 7. The Labute approximate surface area is 130 Å². The lowest BCUT2D eigenvalue weighted by Gasteiger charge is -2.06. The normalized spacial score (nSPS) is 10.2. The topological polar surface area (TPSA) is 92.7 Å². The molecule has 6 nitrogen and oxygen atoms in total. The number of carboxylic acid groups (broad SMARTS) is 1. The summed E-state index contributed by atoms with van der Waals surface area (Å²) in [6.45, 7) is 5.63. The maximum Gasteiger partial charge on any atom is 0.341 e. The van der Waals surface area contributed by atoms with Crippen LogP contribution >= 0.6 is 23.1 Å². The lowest BCUT2D eigenvalue weighted by molar-refractivity contribution is -0.133. The zero-order valence-electron chi connectivity index (χ0n) is 12.0. The van der Waals surface area contributed by atoms with E-state index in [0.717, 1.165) is 22.2 Å². The number of aryl methyl sites for hydroxylation is 1. The minimum atomic E-state index is -0.970. The molecule has 0 unspecified atom stereocenters. The summed E-state index contributed by atoms with van der Waals surface area (Å²) >= 11 is 2.31. The number of thiophene rings is 1. The average molecular weight is 331 g/mol. The number of carboxylic acids is 1. The Bertz CT molecular complexity index is 553. The Balaban J connectivity index is 2.78. The van der Waals surface area contributed by atoms with Crippen molar-refractivity contribution < 1.29 is 24.2 Å². The van der Waals surface area contributed by atoms with Crippen LogP contribution in [-0.4, -0.2) is 41.1 Å². The van der Waals surface area contributed by atoms with E-state index in [4.69, 9.17) is 9.84 Å². The number of anilines is 1. The highest BCUT2D eigenvalue weighted by atomic mass is 32.2. The molecular formula is C13H17NO5S2. The number of ether oxygens (including phenoxy) is 1. The van der Waals surface area contributed by atoms with Crippen LogP contribution < -0.4 is 5.32 Å². The molecule has 8 heteroatoms. The van der Waals surface area contributed by atoms with Crippen LogP contribution in [0, 0.1) is 13.8 Å². The number of thioether (sulfide) groups is 1. The van der Waals surface area contributed by atoms with E-state index >= 15 is 0 Å². The SMILES string of the molecule is CCOC(=O)c1c(NC(=O)CSCC(=O)O)sc(C)c1C. The Morgan fingerprint density at radius 2 is 1.95 bits per heavy atom. The van der Waals surface area contributed by atoms with Crippen molar-refractivity contribution in [2.24, 2.45) is 0 Å². The van der Waals surface area contributed by atoms with Gasteiger partial charge in [-0.2, -0.15) is 0 Å². The van der Waals surface area contributed by atoms with Gasteiger partial charge in [-0.1, -0.05) is 0 Å². The van der Waals surface area contributed by atoms with Crippen LogP contribution in [0.2, 0.25) is 0 Å². The van der Waals surface area contributed by atoms with Crippen molar-refractivity contribution in [2.75, 3.05) is 23.4 Å². The summed E-state index contributed by atoms with van der Waals surface area (Å²) in [6.07, 6.45) is 0. The van der Waals surface area contributed by atoms with Crippen molar-refractivity contribution in [2.45, 2.75) is 20.8 Å². The molecule has 1 amide bonds. The number of nitrogens with one attached hydrogen (secondary N) is 1. The van der Waals surface area contributed by atoms with Gasteiger partial charge in [0.15, 0.2) is 0 Å². The third kappa shape index (κ3) is 5.05. The van der Waals surface area contributed by atoms with Gasteiger partial charge in [-0.25, -0.2) is 4.79 Å². The van der Waals surface area contributed by atoms with Crippen molar-refractivity contribution in [3.63, 3.8) is 0 Å². The Hall–Kier alpha value is -1.54. The fourth-order valence-corrected chi connectivity index (χ4v) is 3.16. The van der Waals surface area contributed by atoms with Gasteiger partial charge in [-0.3, -0.25) is 9.59 Å². The molecule has 1 rings (SSSR count). The summed E-state index contributed by atoms with van der Waals surface area (Å²) < 4.78 is 4.99. The van der Waals surface area contributed by atoms with Gasteiger partial charge in [0.25, 0.3) is 0 Å². The number of carbonyl (C=O) groups is 3. The van der Waals surface area contributed by atoms with E-state index in [-0.39, 0.29) is 24.0 Å². The fourth-order valence-electron chi connectivity index (χ4n) is 1.56. The van der Waals surface area contributed by atoms with Gasteiger partial charge in [0, 0.05) is 4.88 Å². The van der Waals surface area contributed by atoms with Crippen LogP contribution in [0.4, 0.5) is 5.00 Å². The van der Waals surface area contributed by atoms with Gasteiger partial charge in [-0.15, -0.1) is 23.1 Å². The number of hydrogen-bond donors (Lipinski definition) is 2. The molecule has 0 aliphatic rings. The number of carbonyl (C=O) groups excluding carboxylic acids is 2. The molecule has 0 bridgehead atoms. The molecule has 0 saturated heterocycles. The van der Waals surface area contributed by atoms with Gasteiger partial charge in [0.1, 0.15) is 5.00 Å².